The van der Waals surface area contributed by atoms with E-state index in [1.807, 2.05) is 31.2 Å². The Hall–Kier alpha value is -4.38. The summed E-state index contributed by atoms with van der Waals surface area (Å²) in [6.45, 7) is 10.2. The molecule has 0 aliphatic rings. The van der Waals surface area contributed by atoms with Gasteiger partial charge in [-0.05, 0) is 59.7 Å². The fourth-order valence-corrected chi connectivity index (χ4v) is 4.72. The van der Waals surface area contributed by atoms with E-state index in [0.717, 1.165) is 16.0 Å². The van der Waals surface area contributed by atoms with Crippen LogP contribution in [0.15, 0.2) is 70.3 Å². The number of sulfone groups is 1. The molecule has 0 N–H and O–H groups in total. The fourth-order valence-electron chi connectivity index (χ4n) is 3.72. The van der Waals surface area contributed by atoms with Gasteiger partial charge in [-0.2, -0.15) is 4.90 Å². The number of rotatable bonds is 7. The Morgan fingerprint density at radius 1 is 0.975 bits per heavy atom. The minimum absolute atomic E-state index is 0.0291. The summed E-state index contributed by atoms with van der Waals surface area (Å²) in [4.78, 5) is 34.6. The highest BCUT2D eigenvalue weighted by Crippen LogP contribution is 2.35. The van der Waals surface area contributed by atoms with Crippen molar-refractivity contribution >= 4 is 28.2 Å². The van der Waals surface area contributed by atoms with Gasteiger partial charge in [0, 0.05) is 29.6 Å². The molecule has 4 aromatic rings. The molecule has 1 aromatic carbocycles. The van der Waals surface area contributed by atoms with Crippen LogP contribution in [0.5, 0.6) is 0 Å². The van der Waals surface area contributed by atoms with Crippen LogP contribution >= 0.6 is 0 Å². The predicted octanol–water partition coefficient (Wildman–Crippen LogP) is 5.85. The molecule has 4 rings (SSSR count). The van der Waals surface area contributed by atoms with Gasteiger partial charge in [0.15, 0.2) is 21.4 Å². The highest BCUT2D eigenvalue weighted by molar-refractivity contribution is 7.92. The molecule has 11 heteroatoms. The van der Waals surface area contributed by atoms with Crippen molar-refractivity contribution in [3.63, 3.8) is 0 Å². The van der Waals surface area contributed by atoms with Crippen LogP contribution in [0.2, 0.25) is 0 Å². The number of carbonyl (C=O) groups is 2. The van der Waals surface area contributed by atoms with E-state index < -0.39 is 26.8 Å². The van der Waals surface area contributed by atoms with Crippen molar-refractivity contribution in [3.05, 3.63) is 66.5 Å². The Balaban J connectivity index is 1.82. The summed E-state index contributed by atoms with van der Waals surface area (Å²) in [5.74, 6) is 0.216. The Kier molecular flexibility index (Phi) is 7.88. The molecule has 0 aliphatic carbocycles. The zero-order valence-corrected chi connectivity index (χ0v) is 23.9. The number of aromatic nitrogens is 3. The number of hydrogen-bond acceptors (Lipinski definition) is 9. The predicted molar refractivity (Wildman–Crippen MR) is 150 cm³/mol. The van der Waals surface area contributed by atoms with E-state index in [1.54, 1.807) is 52.8 Å². The summed E-state index contributed by atoms with van der Waals surface area (Å²) in [5.41, 5.74) is 2.79. The molecule has 0 aliphatic heterocycles. The standard InChI is InChI=1S/C29H30N4O6S/c1-18(2)40(36,37)22-11-12-24(30-16-22)21-13-23(26-14-25(32-39-26)20-9-7-19(3)8-10-20)27(31-15-21)33(17-34)28(35)38-29(4,5)6/h7-18H,1-6H3. The summed E-state index contributed by atoms with van der Waals surface area (Å²) in [7, 11) is -3.50. The number of imide groups is 1. The lowest BCUT2D eigenvalue weighted by Gasteiger charge is -2.24. The fraction of sp³-hybridized carbons (Fsp3) is 0.276. The van der Waals surface area contributed by atoms with Gasteiger partial charge in [-0.3, -0.25) is 9.78 Å². The normalized spacial score (nSPS) is 11.9. The highest BCUT2D eigenvalue weighted by atomic mass is 32.2. The van der Waals surface area contributed by atoms with Crippen molar-refractivity contribution in [1.82, 2.24) is 15.1 Å². The molecule has 2 amide bonds. The monoisotopic (exact) mass is 562 g/mol. The number of anilines is 1. The van der Waals surface area contributed by atoms with Gasteiger partial charge in [0.1, 0.15) is 11.3 Å². The van der Waals surface area contributed by atoms with E-state index in [2.05, 4.69) is 15.1 Å². The van der Waals surface area contributed by atoms with Crippen LogP contribution in [-0.4, -0.2) is 46.9 Å². The van der Waals surface area contributed by atoms with E-state index in [-0.39, 0.29) is 22.0 Å². The maximum atomic E-state index is 12.9. The van der Waals surface area contributed by atoms with Crippen LogP contribution in [-0.2, 0) is 19.4 Å². The second-order valence-electron chi connectivity index (χ2n) is 10.5. The average Bonchev–Trinajstić information content (AvgIpc) is 3.39. The van der Waals surface area contributed by atoms with E-state index in [9.17, 15) is 18.0 Å². The number of aryl methyl sites for hydroxylation is 1. The topological polar surface area (TPSA) is 133 Å². The zero-order chi connectivity index (χ0) is 29.2. The molecule has 40 heavy (non-hydrogen) atoms. The van der Waals surface area contributed by atoms with E-state index in [1.165, 1.54) is 18.5 Å². The molecule has 0 saturated heterocycles. The van der Waals surface area contributed by atoms with Crippen LogP contribution in [0, 0.1) is 6.92 Å². The summed E-state index contributed by atoms with van der Waals surface area (Å²) >= 11 is 0. The van der Waals surface area contributed by atoms with Crippen LogP contribution in [0.25, 0.3) is 33.8 Å². The Morgan fingerprint density at radius 2 is 1.68 bits per heavy atom. The Labute approximate surface area is 232 Å². The Morgan fingerprint density at radius 3 is 2.25 bits per heavy atom. The number of carbonyl (C=O) groups excluding carboxylic acids is 2. The lowest BCUT2D eigenvalue weighted by Crippen LogP contribution is -2.36. The molecule has 0 spiro atoms. The number of ether oxygens (including phenoxy) is 1. The van der Waals surface area contributed by atoms with Crippen molar-refractivity contribution in [2.75, 3.05) is 4.90 Å². The van der Waals surface area contributed by atoms with Crippen molar-refractivity contribution in [3.8, 4) is 33.8 Å². The first-order valence-electron chi connectivity index (χ1n) is 12.5. The van der Waals surface area contributed by atoms with Gasteiger partial charge in [0.25, 0.3) is 0 Å². The van der Waals surface area contributed by atoms with Gasteiger partial charge in [0.2, 0.25) is 6.41 Å². The first-order valence-corrected chi connectivity index (χ1v) is 14.1. The number of hydrogen-bond donors (Lipinski definition) is 0. The minimum Gasteiger partial charge on any atom is -0.443 e. The minimum atomic E-state index is -3.50. The first-order chi connectivity index (χ1) is 18.8. The van der Waals surface area contributed by atoms with E-state index >= 15 is 0 Å². The maximum Gasteiger partial charge on any atom is 0.422 e. The molecule has 0 unspecified atom stereocenters. The zero-order valence-electron chi connectivity index (χ0n) is 23.1. The third kappa shape index (κ3) is 6.09. The molecule has 3 heterocycles. The molecule has 3 aromatic heterocycles. The van der Waals surface area contributed by atoms with Crippen LogP contribution < -0.4 is 4.90 Å². The van der Waals surface area contributed by atoms with Crippen LogP contribution in [0.4, 0.5) is 10.6 Å². The number of nitrogens with zero attached hydrogens (tertiary/aromatic N) is 4. The van der Waals surface area contributed by atoms with Crippen molar-refractivity contribution < 1.29 is 27.3 Å². The van der Waals surface area contributed by atoms with Crippen molar-refractivity contribution in [2.24, 2.45) is 0 Å². The molecule has 0 radical (unpaired) electrons. The number of benzene rings is 1. The number of amides is 2. The Bertz CT molecular complexity index is 1640. The summed E-state index contributed by atoms with van der Waals surface area (Å²) in [5, 5.41) is 3.58. The third-order valence-corrected chi connectivity index (χ3v) is 8.03. The SMILES string of the molecule is Cc1ccc(-c2cc(-c3cc(-c4ccc(S(=O)(=O)C(C)C)cn4)cnc3N(C=O)C(=O)OC(C)(C)C)on2)cc1. The van der Waals surface area contributed by atoms with Crippen LogP contribution in [0.1, 0.15) is 40.2 Å². The van der Waals surface area contributed by atoms with Crippen molar-refractivity contribution in [1.29, 1.82) is 0 Å². The summed E-state index contributed by atoms with van der Waals surface area (Å²) < 4.78 is 36.1. The lowest BCUT2D eigenvalue weighted by atomic mass is 10.1. The van der Waals surface area contributed by atoms with Gasteiger partial charge in [-0.1, -0.05) is 35.0 Å². The molecule has 10 nitrogen and oxygen atoms in total. The average molecular weight is 563 g/mol. The first kappa shape index (κ1) is 28.6. The molecule has 0 saturated carbocycles. The smallest absolute Gasteiger partial charge is 0.422 e. The molecule has 208 valence electrons. The largest absolute Gasteiger partial charge is 0.443 e. The maximum absolute atomic E-state index is 12.9. The molecule has 0 fully saturated rings. The van der Waals surface area contributed by atoms with Gasteiger partial charge in [-0.25, -0.2) is 18.2 Å². The van der Waals surface area contributed by atoms with Crippen LogP contribution in [0.3, 0.4) is 0 Å². The van der Waals surface area contributed by atoms with E-state index in [0.29, 0.717) is 23.4 Å². The third-order valence-electron chi connectivity index (χ3n) is 5.89. The van der Waals surface area contributed by atoms with Gasteiger partial charge in [-0.15, -0.1) is 0 Å². The second-order valence-corrected chi connectivity index (χ2v) is 13.0. The molecule has 0 bridgehead atoms. The number of pyridine rings is 2. The lowest BCUT2D eigenvalue weighted by molar-refractivity contribution is -0.107. The second kappa shape index (κ2) is 11.0. The summed E-state index contributed by atoms with van der Waals surface area (Å²) in [6.07, 6.45) is 2.13. The van der Waals surface area contributed by atoms with Gasteiger partial charge < -0.3 is 9.26 Å². The molecular weight excluding hydrogens is 532 g/mol. The quantitative estimate of drug-likeness (QED) is 0.254. The molecule has 0 atom stereocenters. The van der Waals surface area contributed by atoms with Gasteiger partial charge in [0.05, 0.1) is 21.4 Å². The van der Waals surface area contributed by atoms with E-state index in [4.69, 9.17) is 9.26 Å². The highest BCUT2D eigenvalue weighted by Gasteiger charge is 2.28. The molecular formula is C29H30N4O6S. The van der Waals surface area contributed by atoms with Gasteiger partial charge >= 0.3 is 6.09 Å². The van der Waals surface area contributed by atoms with Crippen molar-refractivity contribution in [2.45, 2.75) is 57.3 Å². The summed E-state index contributed by atoms with van der Waals surface area (Å²) in [6, 6.07) is 14.1.